The summed E-state index contributed by atoms with van der Waals surface area (Å²) < 4.78 is 11.0. The second-order valence-electron chi connectivity index (χ2n) is 6.16. The van der Waals surface area contributed by atoms with Gasteiger partial charge in [0.25, 0.3) is 0 Å². The standard InChI is InChI=1S/C17H28N2O2/c1-13-6-7-17(20-3)15(9-13)16(18)11-19(2)10-14-5-4-8-21-12-14/h6-7,9,14,16H,4-5,8,10-12,18H2,1-3H3. The number of methoxy groups -OCH3 is 1. The van der Waals surface area contributed by atoms with E-state index >= 15 is 0 Å². The highest BCUT2D eigenvalue weighted by molar-refractivity contribution is 5.39. The van der Waals surface area contributed by atoms with Gasteiger partial charge in [0.1, 0.15) is 5.75 Å². The van der Waals surface area contributed by atoms with Gasteiger partial charge in [-0.3, -0.25) is 0 Å². The van der Waals surface area contributed by atoms with Crippen LogP contribution in [0.3, 0.4) is 0 Å². The number of ether oxygens (including phenoxy) is 2. The molecule has 2 rings (SSSR count). The average molecular weight is 292 g/mol. The van der Waals surface area contributed by atoms with Crippen molar-refractivity contribution in [1.29, 1.82) is 0 Å². The molecule has 0 saturated carbocycles. The third-order valence-electron chi connectivity index (χ3n) is 4.12. The molecule has 4 nitrogen and oxygen atoms in total. The molecule has 4 heteroatoms. The zero-order chi connectivity index (χ0) is 15.2. The lowest BCUT2D eigenvalue weighted by Crippen LogP contribution is -2.35. The summed E-state index contributed by atoms with van der Waals surface area (Å²) >= 11 is 0. The molecule has 0 aliphatic carbocycles. The summed E-state index contributed by atoms with van der Waals surface area (Å²) in [6, 6.07) is 6.15. The fraction of sp³-hybridized carbons (Fsp3) is 0.647. The van der Waals surface area contributed by atoms with Crippen molar-refractivity contribution in [3.05, 3.63) is 29.3 Å². The molecule has 0 spiro atoms. The zero-order valence-electron chi connectivity index (χ0n) is 13.5. The van der Waals surface area contributed by atoms with Gasteiger partial charge in [0, 0.05) is 31.3 Å². The van der Waals surface area contributed by atoms with Crippen LogP contribution in [-0.2, 0) is 4.74 Å². The fourth-order valence-corrected chi connectivity index (χ4v) is 3.04. The fourth-order valence-electron chi connectivity index (χ4n) is 3.04. The summed E-state index contributed by atoms with van der Waals surface area (Å²) in [5.41, 5.74) is 8.69. The smallest absolute Gasteiger partial charge is 0.123 e. The molecule has 1 aromatic carbocycles. The van der Waals surface area contributed by atoms with Crippen molar-refractivity contribution in [3.63, 3.8) is 0 Å². The molecule has 0 radical (unpaired) electrons. The number of benzene rings is 1. The van der Waals surface area contributed by atoms with Crippen molar-refractivity contribution in [3.8, 4) is 5.75 Å². The molecule has 0 aromatic heterocycles. The highest BCUT2D eigenvalue weighted by Crippen LogP contribution is 2.25. The highest BCUT2D eigenvalue weighted by atomic mass is 16.5. The number of nitrogens with two attached hydrogens (primary N) is 1. The zero-order valence-corrected chi connectivity index (χ0v) is 13.5. The lowest BCUT2D eigenvalue weighted by Gasteiger charge is -2.29. The summed E-state index contributed by atoms with van der Waals surface area (Å²) in [6.45, 7) is 5.75. The number of aryl methyl sites for hydroxylation is 1. The molecular weight excluding hydrogens is 264 g/mol. The number of likely N-dealkylation sites (N-methyl/N-ethyl adjacent to an activating group) is 1. The molecule has 0 bridgehead atoms. The second-order valence-corrected chi connectivity index (χ2v) is 6.16. The minimum atomic E-state index is -0.0330. The van der Waals surface area contributed by atoms with Crippen LogP contribution in [0, 0.1) is 12.8 Å². The maximum atomic E-state index is 6.39. The van der Waals surface area contributed by atoms with Gasteiger partial charge in [0.15, 0.2) is 0 Å². The van der Waals surface area contributed by atoms with Gasteiger partial charge in [-0.05, 0) is 38.8 Å². The first-order chi connectivity index (χ1) is 10.1. The summed E-state index contributed by atoms with van der Waals surface area (Å²) in [7, 11) is 3.83. The highest BCUT2D eigenvalue weighted by Gasteiger charge is 2.19. The van der Waals surface area contributed by atoms with Crippen molar-refractivity contribution < 1.29 is 9.47 Å². The monoisotopic (exact) mass is 292 g/mol. The number of nitrogens with zero attached hydrogens (tertiary/aromatic N) is 1. The van der Waals surface area contributed by atoms with Gasteiger partial charge in [-0.2, -0.15) is 0 Å². The average Bonchev–Trinajstić information content (AvgIpc) is 2.48. The van der Waals surface area contributed by atoms with Crippen LogP contribution in [-0.4, -0.2) is 45.4 Å². The normalized spacial score (nSPS) is 20.5. The molecule has 1 aliphatic rings. The summed E-state index contributed by atoms with van der Waals surface area (Å²) in [5, 5.41) is 0. The molecule has 1 heterocycles. The molecule has 1 aliphatic heterocycles. The first-order valence-electron chi connectivity index (χ1n) is 7.76. The Balaban J connectivity index is 1.93. The topological polar surface area (TPSA) is 47.7 Å². The first kappa shape index (κ1) is 16.3. The van der Waals surface area contributed by atoms with E-state index in [-0.39, 0.29) is 6.04 Å². The van der Waals surface area contributed by atoms with Crippen LogP contribution in [0.1, 0.15) is 30.0 Å². The van der Waals surface area contributed by atoms with Gasteiger partial charge in [-0.25, -0.2) is 0 Å². The van der Waals surface area contributed by atoms with E-state index in [2.05, 4.69) is 31.0 Å². The summed E-state index contributed by atoms with van der Waals surface area (Å²) in [5.74, 6) is 1.51. The van der Waals surface area contributed by atoms with Crippen LogP contribution in [0.2, 0.25) is 0 Å². The van der Waals surface area contributed by atoms with Crippen LogP contribution >= 0.6 is 0 Å². The van der Waals surface area contributed by atoms with Crippen LogP contribution in [0.15, 0.2) is 18.2 Å². The van der Waals surface area contributed by atoms with Crippen LogP contribution in [0.5, 0.6) is 5.75 Å². The Morgan fingerprint density at radius 2 is 2.29 bits per heavy atom. The third-order valence-corrected chi connectivity index (χ3v) is 4.12. The molecule has 1 fully saturated rings. The van der Waals surface area contributed by atoms with Gasteiger partial charge in [-0.1, -0.05) is 17.7 Å². The van der Waals surface area contributed by atoms with Crippen LogP contribution in [0.25, 0.3) is 0 Å². The van der Waals surface area contributed by atoms with E-state index in [9.17, 15) is 0 Å². The quantitative estimate of drug-likeness (QED) is 0.874. The number of hydrogen-bond donors (Lipinski definition) is 1. The molecule has 2 unspecified atom stereocenters. The van der Waals surface area contributed by atoms with Crippen molar-refractivity contribution >= 4 is 0 Å². The van der Waals surface area contributed by atoms with E-state index in [4.69, 9.17) is 15.2 Å². The van der Waals surface area contributed by atoms with Crippen LogP contribution in [0.4, 0.5) is 0 Å². The number of rotatable bonds is 6. The maximum Gasteiger partial charge on any atom is 0.123 e. The molecule has 1 saturated heterocycles. The Bertz CT molecular complexity index is 444. The van der Waals surface area contributed by atoms with Gasteiger partial charge in [0.05, 0.1) is 13.7 Å². The molecule has 118 valence electrons. The van der Waals surface area contributed by atoms with Crippen molar-refractivity contribution in [1.82, 2.24) is 4.90 Å². The molecule has 0 amide bonds. The van der Waals surface area contributed by atoms with E-state index in [1.54, 1.807) is 7.11 Å². The van der Waals surface area contributed by atoms with E-state index in [0.717, 1.165) is 37.6 Å². The van der Waals surface area contributed by atoms with E-state index < -0.39 is 0 Å². The number of hydrogen-bond acceptors (Lipinski definition) is 4. The minimum Gasteiger partial charge on any atom is -0.496 e. The predicted molar refractivity (Wildman–Crippen MR) is 85.7 cm³/mol. The lowest BCUT2D eigenvalue weighted by molar-refractivity contribution is 0.0414. The van der Waals surface area contributed by atoms with E-state index in [0.29, 0.717) is 5.92 Å². The van der Waals surface area contributed by atoms with Crippen molar-refractivity contribution in [2.75, 3.05) is 40.5 Å². The Morgan fingerprint density at radius 1 is 1.48 bits per heavy atom. The lowest BCUT2D eigenvalue weighted by atomic mass is 10.0. The van der Waals surface area contributed by atoms with Crippen molar-refractivity contribution in [2.45, 2.75) is 25.8 Å². The minimum absolute atomic E-state index is 0.0330. The SMILES string of the molecule is COc1ccc(C)cc1C(N)CN(C)CC1CCCOC1. The van der Waals surface area contributed by atoms with Crippen LogP contribution < -0.4 is 10.5 Å². The Labute approximate surface area is 128 Å². The Hall–Kier alpha value is -1.10. The van der Waals surface area contributed by atoms with Gasteiger partial charge >= 0.3 is 0 Å². The van der Waals surface area contributed by atoms with Gasteiger partial charge < -0.3 is 20.1 Å². The molecule has 1 aromatic rings. The molecule has 2 atom stereocenters. The van der Waals surface area contributed by atoms with E-state index in [1.807, 2.05) is 6.07 Å². The Kier molecular flexibility index (Phi) is 6.03. The molecule has 2 N–H and O–H groups in total. The van der Waals surface area contributed by atoms with Gasteiger partial charge in [-0.15, -0.1) is 0 Å². The first-order valence-corrected chi connectivity index (χ1v) is 7.76. The van der Waals surface area contributed by atoms with Crippen molar-refractivity contribution in [2.24, 2.45) is 11.7 Å². The van der Waals surface area contributed by atoms with Gasteiger partial charge in [0.2, 0.25) is 0 Å². The largest absolute Gasteiger partial charge is 0.496 e. The maximum absolute atomic E-state index is 6.39. The molecular formula is C17H28N2O2. The summed E-state index contributed by atoms with van der Waals surface area (Å²) in [6.07, 6.45) is 2.43. The third kappa shape index (κ3) is 4.70. The summed E-state index contributed by atoms with van der Waals surface area (Å²) in [4.78, 5) is 2.31. The molecule has 21 heavy (non-hydrogen) atoms. The van der Waals surface area contributed by atoms with E-state index in [1.165, 1.54) is 18.4 Å². The Morgan fingerprint density at radius 3 is 2.95 bits per heavy atom. The predicted octanol–water partition coefficient (Wildman–Crippen LogP) is 2.36. The second kappa shape index (κ2) is 7.78.